The molecular weight excluding hydrogens is 298 g/mol. The number of benzene rings is 2. The van der Waals surface area contributed by atoms with E-state index in [0.29, 0.717) is 11.1 Å². The second kappa shape index (κ2) is 6.49. The zero-order chi connectivity index (χ0) is 17.3. The lowest BCUT2D eigenvalue weighted by atomic mass is 9.89. The molecule has 0 fully saturated rings. The third kappa shape index (κ3) is 3.26. The maximum absolute atomic E-state index is 13.9. The smallest absolute Gasteiger partial charge is 0.198 e. The predicted molar refractivity (Wildman–Crippen MR) is 86.1 cm³/mol. The highest BCUT2D eigenvalue weighted by atomic mass is 19.1. The molecule has 1 N–H and O–H groups in total. The number of hydrogen-bond donors (Lipinski definition) is 1. The van der Waals surface area contributed by atoms with Gasteiger partial charge in [0.1, 0.15) is 17.4 Å². The lowest BCUT2D eigenvalue weighted by Gasteiger charge is -2.17. The fraction of sp³-hybridized carbons (Fsp3) is 0.316. The average Bonchev–Trinajstić information content (AvgIpc) is 2.46. The molecule has 0 saturated carbocycles. The predicted octanol–water partition coefficient (Wildman–Crippen LogP) is 5.15. The SMILES string of the molecule is CC(C)c1cc(C(=O)c2c(F)cccc2F)cc(C(C)C)c1O. The van der Waals surface area contributed by atoms with Crippen LogP contribution in [0.15, 0.2) is 30.3 Å². The Morgan fingerprint density at radius 2 is 1.39 bits per heavy atom. The Labute approximate surface area is 134 Å². The molecule has 2 aromatic rings. The lowest BCUT2D eigenvalue weighted by Crippen LogP contribution is -2.09. The first-order valence-corrected chi connectivity index (χ1v) is 7.59. The van der Waals surface area contributed by atoms with Crippen molar-refractivity contribution >= 4 is 5.78 Å². The third-order valence-corrected chi connectivity index (χ3v) is 3.86. The Morgan fingerprint density at radius 1 is 0.957 bits per heavy atom. The van der Waals surface area contributed by atoms with Gasteiger partial charge in [-0.15, -0.1) is 0 Å². The monoisotopic (exact) mass is 318 g/mol. The van der Waals surface area contributed by atoms with Crippen molar-refractivity contribution in [1.29, 1.82) is 0 Å². The summed E-state index contributed by atoms with van der Waals surface area (Å²) in [5.41, 5.74) is 0.800. The fourth-order valence-corrected chi connectivity index (χ4v) is 2.55. The van der Waals surface area contributed by atoms with Crippen LogP contribution in [0.4, 0.5) is 8.78 Å². The minimum Gasteiger partial charge on any atom is -0.507 e. The maximum atomic E-state index is 13.9. The van der Waals surface area contributed by atoms with E-state index in [2.05, 4.69) is 0 Å². The molecule has 2 nitrogen and oxygen atoms in total. The molecule has 0 amide bonds. The van der Waals surface area contributed by atoms with Crippen molar-refractivity contribution in [2.24, 2.45) is 0 Å². The number of halogens is 2. The molecule has 0 aliphatic heterocycles. The van der Waals surface area contributed by atoms with E-state index in [9.17, 15) is 18.7 Å². The second-order valence-corrected chi connectivity index (χ2v) is 6.24. The Morgan fingerprint density at radius 3 is 1.78 bits per heavy atom. The van der Waals surface area contributed by atoms with Crippen LogP contribution in [-0.4, -0.2) is 10.9 Å². The number of carbonyl (C=O) groups is 1. The highest BCUT2D eigenvalue weighted by Gasteiger charge is 2.23. The van der Waals surface area contributed by atoms with E-state index in [0.717, 1.165) is 12.1 Å². The second-order valence-electron chi connectivity index (χ2n) is 6.24. The molecule has 23 heavy (non-hydrogen) atoms. The Bertz CT molecular complexity index is 700. The van der Waals surface area contributed by atoms with Gasteiger partial charge in [0.25, 0.3) is 0 Å². The number of carbonyl (C=O) groups excluding carboxylic acids is 1. The highest BCUT2D eigenvalue weighted by molar-refractivity contribution is 6.09. The van der Waals surface area contributed by atoms with Crippen LogP contribution in [-0.2, 0) is 0 Å². The standard InChI is InChI=1S/C19H20F2O2/c1-10(2)13-8-12(9-14(11(3)4)19(13)23)18(22)17-15(20)6-5-7-16(17)21/h5-11,23H,1-4H3. The molecule has 0 unspecified atom stereocenters. The van der Waals surface area contributed by atoms with Gasteiger partial charge < -0.3 is 5.11 Å². The van der Waals surface area contributed by atoms with Crippen LogP contribution >= 0.6 is 0 Å². The van der Waals surface area contributed by atoms with Gasteiger partial charge in [0.05, 0.1) is 5.56 Å². The number of aromatic hydroxyl groups is 1. The van der Waals surface area contributed by atoms with E-state index in [1.54, 1.807) is 0 Å². The van der Waals surface area contributed by atoms with Crippen LogP contribution in [0.2, 0.25) is 0 Å². The zero-order valence-electron chi connectivity index (χ0n) is 13.7. The summed E-state index contributed by atoms with van der Waals surface area (Å²) in [6.07, 6.45) is 0. The molecule has 0 aliphatic rings. The van der Waals surface area contributed by atoms with Crippen molar-refractivity contribution in [2.75, 3.05) is 0 Å². The summed E-state index contributed by atoms with van der Waals surface area (Å²) < 4.78 is 27.7. The summed E-state index contributed by atoms with van der Waals surface area (Å²) in [5, 5.41) is 10.4. The first-order valence-electron chi connectivity index (χ1n) is 7.59. The molecule has 0 aliphatic carbocycles. The summed E-state index contributed by atoms with van der Waals surface area (Å²) in [4.78, 5) is 12.6. The fourth-order valence-electron chi connectivity index (χ4n) is 2.55. The summed E-state index contributed by atoms with van der Waals surface area (Å²) >= 11 is 0. The Hall–Kier alpha value is -2.23. The normalized spacial score (nSPS) is 11.3. The van der Waals surface area contributed by atoms with E-state index >= 15 is 0 Å². The van der Waals surface area contributed by atoms with Gasteiger partial charge in [-0.1, -0.05) is 33.8 Å². The molecule has 4 heteroatoms. The molecule has 0 aromatic heterocycles. The number of phenolic OH excluding ortho intramolecular Hbond substituents is 1. The molecule has 2 aromatic carbocycles. The summed E-state index contributed by atoms with van der Waals surface area (Å²) in [6.45, 7) is 7.54. The maximum Gasteiger partial charge on any atom is 0.198 e. The Balaban J connectivity index is 2.66. The van der Waals surface area contributed by atoms with Gasteiger partial charge in [0.2, 0.25) is 0 Å². The first-order chi connectivity index (χ1) is 10.7. The van der Waals surface area contributed by atoms with Gasteiger partial charge in [-0.2, -0.15) is 0 Å². The molecule has 122 valence electrons. The lowest BCUT2D eigenvalue weighted by molar-refractivity contribution is 0.103. The van der Waals surface area contributed by atoms with Crippen molar-refractivity contribution < 1.29 is 18.7 Å². The van der Waals surface area contributed by atoms with E-state index in [4.69, 9.17) is 0 Å². The van der Waals surface area contributed by atoms with Crippen LogP contribution in [0.5, 0.6) is 5.75 Å². The molecule has 0 spiro atoms. The quantitative estimate of drug-likeness (QED) is 0.792. The van der Waals surface area contributed by atoms with Gasteiger partial charge >= 0.3 is 0 Å². The molecule has 0 saturated heterocycles. The van der Waals surface area contributed by atoms with E-state index in [-0.39, 0.29) is 23.1 Å². The van der Waals surface area contributed by atoms with Gasteiger partial charge in [-0.25, -0.2) is 8.78 Å². The highest BCUT2D eigenvalue weighted by Crippen LogP contribution is 2.35. The summed E-state index contributed by atoms with van der Waals surface area (Å²) in [7, 11) is 0. The molecule has 0 radical (unpaired) electrons. The van der Waals surface area contributed by atoms with Gasteiger partial charge in [-0.3, -0.25) is 4.79 Å². The minimum atomic E-state index is -0.889. The van der Waals surface area contributed by atoms with Crippen molar-refractivity contribution in [3.05, 3.63) is 64.2 Å². The van der Waals surface area contributed by atoms with Crippen molar-refractivity contribution in [3.63, 3.8) is 0 Å². The van der Waals surface area contributed by atoms with E-state index < -0.39 is 23.0 Å². The number of phenols is 1. The van der Waals surface area contributed by atoms with Crippen LogP contribution in [0.3, 0.4) is 0 Å². The first kappa shape index (κ1) is 17.1. The van der Waals surface area contributed by atoms with Crippen molar-refractivity contribution in [3.8, 4) is 5.75 Å². The van der Waals surface area contributed by atoms with Crippen LogP contribution in [0.25, 0.3) is 0 Å². The van der Waals surface area contributed by atoms with Gasteiger partial charge in [0, 0.05) is 5.56 Å². The third-order valence-electron chi connectivity index (χ3n) is 3.86. The number of hydrogen-bond acceptors (Lipinski definition) is 2. The van der Waals surface area contributed by atoms with Crippen LogP contribution in [0, 0.1) is 11.6 Å². The van der Waals surface area contributed by atoms with Crippen molar-refractivity contribution in [2.45, 2.75) is 39.5 Å². The minimum absolute atomic E-state index is 0.0225. The topological polar surface area (TPSA) is 37.3 Å². The van der Waals surface area contributed by atoms with Crippen LogP contribution in [0.1, 0.15) is 66.6 Å². The molecule has 0 bridgehead atoms. The summed E-state index contributed by atoms with van der Waals surface area (Å²) in [6, 6.07) is 6.37. The number of rotatable bonds is 4. The molecular formula is C19H20F2O2. The molecule has 0 heterocycles. The zero-order valence-corrected chi connectivity index (χ0v) is 13.7. The van der Waals surface area contributed by atoms with E-state index in [1.807, 2.05) is 27.7 Å². The summed E-state index contributed by atoms with van der Waals surface area (Å²) in [5.74, 6) is -2.40. The van der Waals surface area contributed by atoms with Crippen molar-refractivity contribution in [1.82, 2.24) is 0 Å². The van der Waals surface area contributed by atoms with Crippen LogP contribution < -0.4 is 0 Å². The van der Waals surface area contributed by atoms with Gasteiger partial charge in [-0.05, 0) is 47.2 Å². The molecule has 2 rings (SSSR count). The largest absolute Gasteiger partial charge is 0.507 e. The number of ketones is 1. The van der Waals surface area contributed by atoms with Gasteiger partial charge in [0.15, 0.2) is 5.78 Å². The molecule has 0 atom stereocenters. The Kier molecular flexibility index (Phi) is 4.83. The van der Waals surface area contributed by atoms with E-state index in [1.165, 1.54) is 18.2 Å². The average molecular weight is 318 g/mol.